The quantitative estimate of drug-likeness (QED) is 0.880. The number of anilines is 2. The highest BCUT2D eigenvalue weighted by atomic mass is 16.5. The summed E-state index contributed by atoms with van der Waals surface area (Å²) in [5.74, 6) is 2.59. The highest BCUT2D eigenvalue weighted by molar-refractivity contribution is 5.53. The predicted molar refractivity (Wildman–Crippen MR) is 82.2 cm³/mol. The molecule has 2 aromatic rings. The van der Waals surface area contributed by atoms with Crippen LogP contribution in [-0.2, 0) is 13.0 Å². The zero-order valence-electron chi connectivity index (χ0n) is 12.9. The van der Waals surface area contributed by atoms with Gasteiger partial charge in [0.1, 0.15) is 17.2 Å². The first-order valence-corrected chi connectivity index (χ1v) is 7.00. The standard InChI is InChI=1S/C15H22N4O2/c1-5-10-8-18-13(20-10)9-17-12-7-6-11(16)14(19-12)21-15(2,3)4/h6-8H,5,9,16H2,1-4H3,(H,17,19). The fourth-order valence-electron chi connectivity index (χ4n) is 1.68. The molecule has 0 spiro atoms. The Morgan fingerprint density at radius 3 is 2.71 bits per heavy atom. The van der Waals surface area contributed by atoms with E-state index in [0.717, 1.165) is 12.2 Å². The molecule has 6 nitrogen and oxygen atoms in total. The molecule has 0 bridgehead atoms. The van der Waals surface area contributed by atoms with Crippen LogP contribution in [0.15, 0.2) is 22.7 Å². The van der Waals surface area contributed by atoms with Crippen molar-refractivity contribution in [3.05, 3.63) is 30.0 Å². The van der Waals surface area contributed by atoms with Gasteiger partial charge in [-0.25, -0.2) is 4.98 Å². The number of nitrogens with two attached hydrogens (primary N) is 1. The summed E-state index contributed by atoms with van der Waals surface area (Å²) in [7, 11) is 0. The summed E-state index contributed by atoms with van der Waals surface area (Å²) in [6, 6.07) is 3.57. The molecule has 0 aromatic carbocycles. The van der Waals surface area contributed by atoms with Crippen molar-refractivity contribution < 1.29 is 9.15 Å². The lowest BCUT2D eigenvalue weighted by Gasteiger charge is -2.21. The molecule has 0 saturated carbocycles. The number of ether oxygens (including phenoxy) is 1. The number of pyridine rings is 1. The van der Waals surface area contributed by atoms with Crippen molar-refractivity contribution in [1.82, 2.24) is 9.97 Å². The molecular formula is C15H22N4O2. The zero-order chi connectivity index (χ0) is 15.5. The number of oxazole rings is 1. The summed E-state index contributed by atoms with van der Waals surface area (Å²) < 4.78 is 11.3. The van der Waals surface area contributed by atoms with Gasteiger partial charge in [-0.05, 0) is 32.9 Å². The van der Waals surface area contributed by atoms with E-state index in [4.69, 9.17) is 14.9 Å². The van der Waals surface area contributed by atoms with Gasteiger partial charge in [0, 0.05) is 6.42 Å². The topological polar surface area (TPSA) is 86.2 Å². The number of aryl methyl sites for hydroxylation is 1. The Balaban J connectivity index is 2.05. The summed E-state index contributed by atoms with van der Waals surface area (Å²) in [6.07, 6.45) is 2.57. The molecule has 0 saturated heterocycles. The Morgan fingerprint density at radius 1 is 1.33 bits per heavy atom. The average Bonchev–Trinajstić information content (AvgIpc) is 2.86. The summed E-state index contributed by atoms with van der Waals surface area (Å²) in [6.45, 7) is 8.34. The molecule has 0 unspecified atom stereocenters. The fourth-order valence-corrected chi connectivity index (χ4v) is 1.68. The van der Waals surface area contributed by atoms with Crippen molar-refractivity contribution in [3.8, 4) is 5.88 Å². The van der Waals surface area contributed by atoms with Gasteiger partial charge in [0.2, 0.25) is 11.8 Å². The summed E-state index contributed by atoms with van der Waals surface area (Å²) in [4.78, 5) is 8.56. The van der Waals surface area contributed by atoms with Crippen molar-refractivity contribution in [2.45, 2.75) is 46.3 Å². The molecule has 0 amide bonds. The Bertz CT molecular complexity index is 602. The predicted octanol–water partition coefficient (Wildman–Crippen LogP) is 3.00. The number of nitrogens with one attached hydrogen (secondary N) is 1. The number of hydrogen-bond acceptors (Lipinski definition) is 6. The zero-order valence-corrected chi connectivity index (χ0v) is 12.9. The SMILES string of the molecule is CCc1cnc(CNc2ccc(N)c(OC(C)(C)C)n2)o1. The first kappa shape index (κ1) is 15.2. The maximum Gasteiger partial charge on any atom is 0.239 e. The molecule has 21 heavy (non-hydrogen) atoms. The average molecular weight is 290 g/mol. The molecule has 114 valence electrons. The van der Waals surface area contributed by atoms with Crippen LogP contribution in [-0.4, -0.2) is 15.6 Å². The van der Waals surface area contributed by atoms with Crippen LogP contribution in [0.2, 0.25) is 0 Å². The van der Waals surface area contributed by atoms with E-state index in [9.17, 15) is 0 Å². The number of nitrogens with zero attached hydrogens (tertiary/aromatic N) is 2. The van der Waals surface area contributed by atoms with Crippen LogP contribution in [0, 0.1) is 0 Å². The third-order valence-electron chi connectivity index (χ3n) is 2.66. The van der Waals surface area contributed by atoms with Crippen molar-refractivity contribution in [3.63, 3.8) is 0 Å². The second-order valence-corrected chi connectivity index (χ2v) is 5.73. The monoisotopic (exact) mass is 290 g/mol. The molecule has 0 atom stereocenters. The minimum atomic E-state index is -0.349. The van der Waals surface area contributed by atoms with E-state index in [-0.39, 0.29) is 5.60 Å². The Labute approximate surface area is 124 Å². The molecule has 2 heterocycles. The normalized spacial score (nSPS) is 11.4. The molecule has 0 radical (unpaired) electrons. The van der Waals surface area contributed by atoms with Gasteiger partial charge >= 0.3 is 0 Å². The molecule has 6 heteroatoms. The van der Waals surface area contributed by atoms with E-state index in [0.29, 0.717) is 29.8 Å². The van der Waals surface area contributed by atoms with Crippen LogP contribution in [0.5, 0.6) is 5.88 Å². The number of rotatable bonds is 5. The van der Waals surface area contributed by atoms with E-state index in [1.807, 2.05) is 27.7 Å². The van der Waals surface area contributed by atoms with Crippen molar-refractivity contribution >= 4 is 11.5 Å². The molecule has 0 aliphatic heterocycles. The second-order valence-electron chi connectivity index (χ2n) is 5.73. The Hall–Kier alpha value is -2.24. The van der Waals surface area contributed by atoms with E-state index < -0.39 is 0 Å². The number of hydrogen-bond donors (Lipinski definition) is 2. The van der Waals surface area contributed by atoms with Gasteiger partial charge in [-0.15, -0.1) is 0 Å². The van der Waals surface area contributed by atoms with Gasteiger partial charge < -0.3 is 20.2 Å². The van der Waals surface area contributed by atoms with Crippen molar-refractivity contribution in [2.75, 3.05) is 11.1 Å². The van der Waals surface area contributed by atoms with Crippen LogP contribution in [0.1, 0.15) is 39.3 Å². The Morgan fingerprint density at radius 2 is 2.10 bits per heavy atom. The van der Waals surface area contributed by atoms with Crippen LogP contribution < -0.4 is 15.8 Å². The highest BCUT2D eigenvalue weighted by Crippen LogP contribution is 2.25. The molecule has 0 aliphatic carbocycles. The number of aromatic nitrogens is 2. The van der Waals surface area contributed by atoms with Crippen molar-refractivity contribution in [1.29, 1.82) is 0 Å². The molecule has 2 rings (SSSR count). The van der Waals surface area contributed by atoms with Gasteiger partial charge in [0.25, 0.3) is 0 Å². The lowest BCUT2D eigenvalue weighted by atomic mass is 10.2. The maximum atomic E-state index is 5.88. The van der Waals surface area contributed by atoms with Crippen molar-refractivity contribution in [2.24, 2.45) is 0 Å². The van der Waals surface area contributed by atoms with Gasteiger partial charge in [0.15, 0.2) is 0 Å². The smallest absolute Gasteiger partial charge is 0.239 e. The minimum absolute atomic E-state index is 0.349. The van der Waals surface area contributed by atoms with E-state index in [1.54, 1.807) is 18.3 Å². The minimum Gasteiger partial charge on any atom is -0.470 e. The summed E-state index contributed by atoms with van der Waals surface area (Å²) in [5.41, 5.74) is 6.04. The molecular weight excluding hydrogens is 268 g/mol. The third-order valence-corrected chi connectivity index (χ3v) is 2.66. The largest absolute Gasteiger partial charge is 0.470 e. The van der Waals surface area contributed by atoms with Gasteiger partial charge in [-0.3, -0.25) is 0 Å². The highest BCUT2D eigenvalue weighted by Gasteiger charge is 2.15. The fraction of sp³-hybridized carbons (Fsp3) is 0.467. The van der Waals surface area contributed by atoms with Gasteiger partial charge in [-0.1, -0.05) is 6.92 Å². The van der Waals surface area contributed by atoms with Crippen LogP contribution in [0.25, 0.3) is 0 Å². The second kappa shape index (κ2) is 6.03. The first-order valence-electron chi connectivity index (χ1n) is 7.00. The van der Waals surface area contributed by atoms with Crippen LogP contribution in [0.4, 0.5) is 11.5 Å². The molecule has 0 fully saturated rings. The van der Waals surface area contributed by atoms with Crippen LogP contribution >= 0.6 is 0 Å². The maximum absolute atomic E-state index is 5.88. The molecule has 2 aromatic heterocycles. The summed E-state index contributed by atoms with van der Waals surface area (Å²) in [5, 5.41) is 3.15. The lowest BCUT2D eigenvalue weighted by molar-refractivity contribution is 0.125. The summed E-state index contributed by atoms with van der Waals surface area (Å²) >= 11 is 0. The molecule has 3 N–H and O–H groups in total. The van der Waals surface area contributed by atoms with Gasteiger partial charge in [0.05, 0.1) is 18.4 Å². The van der Waals surface area contributed by atoms with E-state index in [2.05, 4.69) is 15.3 Å². The lowest BCUT2D eigenvalue weighted by Crippen LogP contribution is -2.24. The molecule has 0 aliphatic rings. The van der Waals surface area contributed by atoms with E-state index >= 15 is 0 Å². The Kier molecular flexibility index (Phi) is 4.35. The first-order chi connectivity index (χ1) is 9.87. The third kappa shape index (κ3) is 4.37. The van der Waals surface area contributed by atoms with Crippen LogP contribution in [0.3, 0.4) is 0 Å². The van der Waals surface area contributed by atoms with Gasteiger partial charge in [-0.2, -0.15) is 4.98 Å². The number of nitrogen functional groups attached to an aromatic ring is 1. The van der Waals surface area contributed by atoms with E-state index in [1.165, 1.54) is 0 Å².